The minimum absolute atomic E-state index is 0.241. The van der Waals surface area contributed by atoms with Gasteiger partial charge >= 0.3 is 6.03 Å². The van der Waals surface area contributed by atoms with Crippen molar-refractivity contribution < 1.29 is 9.59 Å². The summed E-state index contributed by atoms with van der Waals surface area (Å²) in [5.74, 6) is -0.419. The molecule has 0 atom stereocenters. The Balaban J connectivity index is 2.01. The number of carbonyl (C=O) groups is 2. The molecule has 3 amide bonds. The summed E-state index contributed by atoms with van der Waals surface area (Å²) in [4.78, 5) is 22.6. The van der Waals surface area contributed by atoms with E-state index in [4.69, 9.17) is 0 Å². The Labute approximate surface area is 123 Å². The number of amides is 3. The average Bonchev–Trinajstić information content (AvgIpc) is 2.97. The summed E-state index contributed by atoms with van der Waals surface area (Å²) >= 11 is 3.43. The molecule has 6 heteroatoms. The number of rotatable bonds is 2. The highest BCUT2D eigenvalue weighted by Crippen LogP contribution is 2.19. The molecular weight excluding hydrogens is 322 g/mol. The van der Waals surface area contributed by atoms with Crippen LogP contribution in [-0.2, 0) is 4.79 Å². The third-order valence-corrected chi connectivity index (χ3v) is 3.37. The zero-order chi connectivity index (χ0) is 14.1. The molecule has 2 heterocycles. The molecule has 0 aliphatic carbocycles. The fourth-order valence-corrected chi connectivity index (χ4v) is 2.39. The van der Waals surface area contributed by atoms with Crippen LogP contribution in [0.25, 0.3) is 11.8 Å². The predicted octanol–water partition coefficient (Wildman–Crippen LogP) is 2.42. The topological polar surface area (TPSA) is 63.1 Å². The lowest BCUT2D eigenvalue weighted by molar-refractivity contribution is -0.115. The smallest absolute Gasteiger partial charge is 0.317 e. The first-order chi connectivity index (χ1) is 9.63. The predicted molar refractivity (Wildman–Crippen MR) is 78.1 cm³/mol. The van der Waals surface area contributed by atoms with Crippen LogP contribution in [0.15, 0.2) is 52.8 Å². The summed E-state index contributed by atoms with van der Waals surface area (Å²) in [5, 5.41) is 4.64. The van der Waals surface area contributed by atoms with E-state index < -0.39 is 11.9 Å². The number of carbonyl (C=O) groups excluding carboxylic acids is 2. The lowest BCUT2D eigenvalue weighted by Crippen LogP contribution is -2.22. The normalized spacial score (nSPS) is 16.4. The van der Waals surface area contributed by atoms with Gasteiger partial charge in [0.1, 0.15) is 5.70 Å². The molecular formula is C14H10BrN3O2. The molecule has 1 saturated heterocycles. The quantitative estimate of drug-likeness (QED) is 0.655. The van der Waals surface area contributed by atoms with Crippen LogP contribution in [0.3, 0.4) is 0 Å². The van der Waals surface area contributed by atoms with Crippen molar-refractivity contribution in [2.45, 2.75) is 0 Å². The van der Waals surface area contributed by atoms with Crippen LogP contribution in [0.5, 0.6) is 0 Å². The zero-order valence-electron chi connectivity index (χ0n) is 10.3. The maximum Gasteiger partial charge on any atom is 0.326 e. The highest BCUT2D eigenvalue weighted by molar-refractivity contribution is 9.10. The third-order valence-electron chi connectivity index (χ3n) is 2.88. The Bertz CT molecular complexity index is 734. The van der Waals surface area contributed by atoms with Gasteiger partial charge in [-0.3, -0.25) is 10.1 Å². The van der Waals surface area contributed by atoms with Gasteiger partial charge in [-0.1, -0.05) is 22.0 Å². The zero-order valence-corrected chi connectivity index (χ0v) is 11.8. The van der Waals surface area contributed by atoms with Gasteiger partial charge in [0.05, 0.1) is 0 Å². The Hall–Kier alpha value is -2.34. The molecule has 20 heavy (non-hydrogen) atoms. The van der Waals surface area contributed by atoms with E-state index in [1.165, 1.54) is 0 Å². The minimum atomic E-state index is -0.498. The Morgan fingerprint density at radius 3 is 2.65 bits per heavy atom. The average molecular weight is 332 g/mol. The number of halogens is 1. The van der Waals surface area contributed by atoms with E-state index in [1.807, 2.05) is 47.2 Å². The molecule has 0 bridgehead atoms. The standard InChI is InChI=1S/C14H10BrN3O2/c15-9-3-1-4-10(7-9)18-6-2-5-11(18)8-12-13(19)17-14(20)16-12/h1-8H,(H2,16,17,19,20). The maximum absolute atomic E-state index is 11.5. The summed E-state index contributed by atoms with van der Waals surface area (Å²) in [5.41, 5.74) is 2.00. The second-order valence-corrected chi connectivity index (χ2v) is 5.16. The van der Waals surface area contributed by atoms with Crippen molar-refractivity contribution in [2.75, 3.05) is 0 Å². The molecule has 2 N–H and O–H groups in total. The summed E-state index contributed by atoms with van der Waals surface area (Å²) < 4.78 is 2.89. The van der Waals surface area contributed by atoms with E-state index in [0.717, 1.165) is 15.9 Å². The second-order valence-electron chi connectivity index (χ2n) is 4.25. The van der Waals surface area contributed by atoms with Gasteiger partial charge in [0, 0.05) is 22.1 Å². The first-order valence-corrected chi connectivity index (χ1v) is 6.70. The minimum Gasteiger partial charge on any atom is -0.317 e. The van der Waals surface area contributed by atoms with E-state index in [1.54, 1.807) is 6.08 Å². The van der Waals surface area contributed by atoms with E-state index >= 15 is 0 Å². The maximum atomic E-state index is 11.5. The van der Waals surface area contributed by atoms with Gasteiger partial charge < -0.3 is 9.88 Å². The number of hydrogen-bond acceptors (Lipinski definition) is 2. The van der Waals surface area contributed by atoms with Gasteiger partial charge in [-0.25, -0.2) is 4.79 Å². The van der Waals surface area contributed by atoms with Crippen LogP contribution < -0.4 is 10.6 Å². The van der Waals surface area contributed by atoms with Gasteiger partial charge in [0.2, 0.25) is 0 Å². The third kappa shape index (κ3) is 2.37. The van der Waals surface area contributed by atoms with Crippen molar-refractivity contribution in [3.63, 3.8) is 0 Å². The van der Waals surface area contributed by atoms with Gasteiger partial charge in [0.15, 0.2) is 0 Å². The van der Waals surface area contributed by atoms with Gasteiger partial charge in [-0.05, 0) is 36.4 Å². The molecule has 5 nitrogen and oxygen atoms in total. The molecule has 3 rings (SSSR count). The number of urea groups is 1. The number of benzene rings is 1. The van der Waals surface area contributed by atoms with Crippen molar-refractivity contribution in [1.82, 2.24) is 15.2 Å². The lowest BCUT2D eigenvalue weighted by atomic mass is 10.3. The molecule has 1 aromatic heterocycles. The van der Waals surface area contributed by atoms with Crippen LogP contribution in [-0.4, -0.2) is 16.5 Å². The second kappa shape index (κ2) is 4.97. The van der Waals surface area contributed by atoms with Crippen molar-refractivity contribution in [2.24, 2.45) is 0 Å². The highest BCUT2D eigenvalue weighted by atomic mass is 79.9. The SMILES string of the molecule is O=C1NC(=O)C(=Cc2cccn2-c2cccc(Br)c2)N1. The molecule has 100 valence electrons. The number of hydrogen-bond donors (Lipinski definition) is 2. The summed E-state index contributed by atoms with van der Waals surface area (Å²) in [6, 6.07) is 11.0. The summed E-state index contributed by atoms with van der Waals surface area (Å²) in [7, 11) is 0. The van der Waals surface area contributed by atoms with Crippen LogP contribution in [0, 0.1) is 0 Å². The fraction of sp³-hybridized carbons (Fsp3) is 0. The largest absolute Gasteiger partial charge is 0.326 e. The van der Waals surface area contributed by atoms with Gasteiger partial charge in [-0.15, -0.1) is 0 Å². The number of imide groups is 1. The Morgan fingerprint density at radius 2 is 1.95 bits per heavy atom. The van der Waals surface area contributed by atoms with Gasteiger partial charge in [0.25, 0.3) is 5.91 Å². The lowest BCUT2D eigenvalue weighted by Gasteiger charge is -2.07. The molecule has 0 spiro atoms. The molecule has 1 aliphatic rings. The molecule has 0 saturated carbocycles. The van der Waals surface area contributed by atoms with Crippen molar-refractivity contribution in [3.8, 4) is 5.69 Å². The number of nitrogens with one attached hydrogen (secondary N) is 2. The van der Waals surface area contributed by atoms with Crippen LogP contribution >= 0.6 is 15.9 Å². The number of aromatic nitrogens is 1. The van der Waals surface area contributed by atoms with Crippen molar-refractivity contribution in [1.29, 1.82) is 0 Å². The first-order valence-electron chi connectivity index (χ1n) is 5.91. The molecule has 1 aliphatic heterocycles. The van der Waals surface area contributed by atoms with E-state index in [2.05, 4.69) is 26.6 Å². The molecule has 2 aromatic rings. The Kier molecular flexibility index (Phi) is 3.15. The molecule has 1 fully saturated rings. The van der Waals surface area contributed by atoms with Gasteiger partial charge in [-0.2, -0.15) is 0 Å². The fourth-order valence-electron chi connectivity index (χ4n) is 2.00. The van der Waals surface area contributed by atoms with E-state index in [9.17, 15) is 9.59 Å². The first kappa shape index (κ1) is 12.7. The molecule has 1 aromatic carbocycles. The van der Waals surface area contributed by atoms with Crippen molar-refractivity contribution in [3.05, 3.63) is 58.5 Å². The van der Waals surface area contributed by atoms with Crippen LogP contribution in [0.1, 0.15) is 5.69 Å². The van der Waals surface area contributed by atoms with E-state index in [0.29, 0.717) is 0 Å². The summed E-state index contributed by atoms with van der Waals surface area (Å²) in [6.07, 6.45) is 3.53. The van der Waals surface area contributed by atoms with Crippen molar-refractivity contribution >= 4 is 33.9 Å². The molecule has 0 radical (unpaired) electrons. The Morgan fingerprint density at radius 1 is 1.10 bits per heavy atom. The summed E-state index contributed by atoms with van der Waals surface area (Å²) in [6.45, 7) is 0. The van der Waals surface area contributed by atoms with Crippen LogP contribution in [0.4, 0.5) is 4.79 Å². The monoisotopic (exact) mass is 331 g/mol. The number of nitrogens with zero attached hydrogens (tertiary/aromatic N) is 1. The van der Waals surface area contributed by atoms with Crippen LogP contribution in [0.2, 0.25) is 0 Å². The highest BCUT2D eigenvalue weighted by Gasteiger charge is 2.23. The molecule has 0 unspecified atom stereocenters. The van der Waals surface area contributed by atoms with E-state index in [-0.39, 0.29) is 5.70 Å².